The maximum absolute atomic E-state index is 9.26. The van der Waals surface area contributed by atoms with Crippen LogP contribution in [0, 0.1) is 11.3 Å². The van der Waals surface area contributed by atoms with Gasteiger partial charge in [0.1, 0.15) is 6.67 Å². The fourth-order valence-electron chi connectivity index (χ4n) is 5.41. The first-order chi connectivity index (χ1) is 19.1. The number of rotatable bonds is 6. The van der Waals surface area contributed by atoms with Crippen LogP contribution in [-0.4, -0.2) is 12.4 Å². The normalized spacial score (nSPS) is 18.2. The number of anilines is 1. The minimum absolute atomic E-state index is 0.0780. The van der Waals surface area contributed by atoms with Crippen LogP contribution in [0.5, 0.6) is 0 Å². The van der Waals surface area contributed by atoms with E-state index in [4.69, 9.17) is 10.7 Å². The number of hydrogen-bond donors (Lipinski definition) is 2. The minimum Gasteiger partial charge on any atom is -0.398 e. The molecule has 0 radical (unpaired) electrons. The molecule has 4 nitrogen and oxygen atoms in total. The minimum atomic E-state index is -0.0780. The Morgan fingerprint density at radius 2 is 1.67 bits per heavy atom. The molecule has 4 aromatic carbocycles. The Kier molecular flexibility index (Phi) is 6.56. The Balaban J connectivity index is 1.38. The monoisotopic (exact) mass is 524 g/mol. The molecule has 1 atom stereocenters. The molecular formula is C34H28N4S. The molecule has 0 fully saturated rings. The van der Waals surface area contributed by atoms with Gasteiger partial charge in [-0.15, -0.1) is 0 Å². The summed E-state index contributed by atoms with van der Waals surface area (Å²) in [5.74, 6) is 0. The van der Waals surface area contributed by atoms with Gasteiger partial charge < -0.3 is 11.1 Å². The number of fused-ring (bicyclic) bond motifs is 3. The maximum atomic E-state index is 9.26. The van der Waals surface area contributed by atoms with Gasteiger partial charge in [-0.3, -0.25) is 4.99 Å². The predicted molar refractivity (Wildman–Crippen MR) is 161 cm³/mol. The fraction of sp³-hybridized carbons (Fsp3) is 0.118. The van der Waals surface area contributed by atoms with Crippen LogP contribution in [0.15, 0.2) is 130 Å². The first-order valence-electron chi connectivity index (χ1n) is 13.0. The van der Waals surface area contributed by atoms with Crippen LogP contribution < -0.4 is 11.1 Å². The highest BCUT2D eigenvalue weighted by molar-refractivity contribution is 8.03. The van der Waals surface area contributed by atoms with Crippen LogP contribution in [-0.2, 0) is 5.41 Å². The van der Waals surface area contributed by atoms with Crippen LogP contribution in [0.1, 0.15) is 41.2 Å². The Bertz CT molecular complexity index is 1680. The van der Waals surface area contributed by atoms with E-state index in [0.717, 1.165) is 23.3 Å². The first kappa shape index (κ1) is 24.8. The van der Waals surface area contributed by atoms with E-state index in [1.807, 2.05) is 60.3 Å². The van der Waals surface area contributed by atoms with Gasteiger partial charge in [0.15, 0.2) is 0 Å². The smallest absolute Gasteiger partial charge is 0.108 e. The van der Waals surface area contributed by atoms with Crippen molar-refractivity contribution in [3.8, 4) is 6.07 Å². The zero-order chi connectivity index (χ0) is 26.8. The second-order valence-electron chi connectivity index (χ2n) is 9.99. The molecule has 39 heavy (non-hydrogen) atoms. The summed E-state index contributed by atoms with van der Waals surface area (Å²) in [6.45, 7) is 2.74. The molecule has 5 heteroatoms. The summed E-state index contributed by atoms with van der Waals surface area (Å²) >= 11 is 1.88. The molecule has 1 heterocycles. The molecule has 1 unspecified atom stereocenters. The van der Waals surface area contributed by atoms with E-state index < -0.39 is 0 Å². The van der Waals surface area contributed by atoms with Crippen LogP contribution >= 0.6 is 11.8 Å². The van der Waals surface area contributed by atoms with E-state index in [1.165, 1.54) is 32.2 Å². The van der Waals surface area contributed by atoms with Gasteiger partial charge in [-0.2, -0.15) is 5.26 Å². The molecule has 4 aromatic rings. The van der Waals surface area contributed by atoms with Crippen molar-refractivity contribution in [1.29, 1.82) is 5.26 Å². The number of para-hydroxylation sites is 1. The average molecular weight is 525 g/mol. The van der Waals surface area contributed by atoms with Gasteiger partial charge in [0.2, 0.25) is 0 Å². The lowest BCUT2D eigenvalue weighted by Crippen LogP contribution is -2.29. The van der Waals surface area contributed by atoms with Crippen LogP contribution in [0.4, 0.5) is 5.69 Å². The summed E-state index contributed by atoms with van der Waals surface area (Å²) in [7, 11) is 0. The number of nitrogens with one attached hydrogen (secondary N) is 1. The van der Waals surface area contributed by atoms with Gasteiger partial charge in [-0.1, -0.05) is 97.5 Å². The third kappa shape index (κ3) is 4.65. The Morgan fingerprint density at radius 3 is 2.44 bits per heavy atom. The number of allylic oxidation sites excluding steroid dienone is 4. The second-order valence-corrected chi connectivity index (χ2v) is 11.1. The number of aliphatic imine (C=N–C) groups is 1. The molecule has 6 rings (SSSR count). The van der Waals surface area contributed by atoms with E-state index in [9.17, 15) is 5.26 Å². The van der Waals surface area contributed by atoms with Gasteiger partial charge in [0.05, 0.1) is 17.3 Å². The van der Waals surface area contributed by atoms with Crippen molar-refractivity contribution in [2.24, 2.45) is 4.99 Å². The second kappa shape index (κ2) is 10.3. The van der Waals surface area contributed by atoms with Gasteiger partial charge in [-0.05, 0) is 41.5 Å². The summed E-state index contributed by atoms with van der Waals surface area (Å²) in [6.07, 6.45) is 3.22. The molecule has 0 bridgehead atoms. The molecule has 3 N–H and O–H groups in total. The molecule has 0 amide bonds. The lowest BCUT2D eigenvalue weighted by atomic mass is 9.74. The standard InChI is InChI=1S/C34H28N4S/c1-34-20-30(27(24-9-3-2-4-10-24)19-32(34)39-31-14-8-6-12-28(31)34)37-22-38-33(26-11-5-7-13-29(26)36)25-17-15-23(21-35)16-18-25/h2-19,37H,20,22,36H2,1H3. The van der Waals surface area contributed by atoms with E-state index >= 15 is 0 Å². The topological polar surface area (TPSA) is 74.2 Å². The highest BCUT2D eigenvalue weighted by Gasteiger charge is 2.42. The van der Waals surface area contributed by atoms with Crippen molar-refractivity contribution in [3.63, 3.8) is 0 Å². The molecule has 0 aromatic heterocycles. The van der Waals surface area contributed by atoms with Crippen molar-refractivity contribution in [2.45, 2.75) is 23.7 Å². The number of thioether (sulfide) groups is 1. The van der Waals surface area contributed by atoms with Crippen molar-refractivity contribution >= 4 is 28.7 Å². The lowest BCUT2D eigenvalue weighted by Gasteiger charge is -2.33. The number of nitrogen functional groups attached to an aromatic ring is 1. The van der Waals surface area contributed by atoms with E-state index in [0.29, 0.717) is 17.9 Å². The summed E-state index contributed by atoms with van der Waals surface area (Å²) in [5, 5.41) is 13.0. The zero-order valence-electron chi connectivity index (χ0n) is 21.7. The molecule has 1 aliphatic heterocycles. The first-order valence-corrected chi connectivity index (χ1v) is 13.8. The highest BCUT2D eigenvalue weighted by atomic mass is 32.2. The third-order valence-electron chi connectivity index (χ3n) is 7.49. The highest BCUT2D eigenvalue weighted by Crippen LogP contribution is 2.57. The van der Waals surface area contributed by atoms with E-state index in [-0.39, 0.29) is 5.41 Å². The summed E-state index contributed by atoms with van der Waals surface area (Å²) in [6, 6.07) is 36.7. The molecule has 0 spiro atoms. The molecule has 0 saturated heterocycles. The lowest BCUT2D eigenvalue weighted by molar-refractivity contribution is 0.547. The van der Waals surface area contributed by atoms with Crippen molar-refractivity contribution < 1.29 is 0 Å². The average Bonchev–Trinajstić information content (AvgIpc) is 3.27. The number of nitrogens with two attached hydrogens (primary N) is 1. The molecule has 0 saturated carbocycles. The Morgan fingerprint density at radius 1 is 0.949 bits per heavy atom. The number of hydrogen-bond acceptors (Lipinski definition) is 5. The number of benzene rings is 4. The van der Waals surface area contributed by atoms with Gasteiger partial charge >= 0.3 is 0 Å². The van der Waals surface area contributed by atoms with Crippen molar-refractivity contribution in [2.75, 3.05) is 12.4 Å². The van der Waals surface area contributed by atoms with Crippen molar-refractivity contribution in [1.82, 2.24) is 5.32 Å². The molecule has 2 aliphatic rings. The summed E-state index contributed by atoms with van der Waals surface area (Å²) in [5.41, 5.74) is 15.1. The maximum Gasteiger partial charge on any atom is 0.108 e. The van der Waals surface area contributed by atoms with E-state index in [2.05, 4.69) is 79.0 Å². The summed E-state index contributed by atoms with van der Waals surface area (Å²) < 4.78 is 0. The largest absolute Gasteiger partial charge is 0.398 e. The quantitative estimate of drug-likeness (QED) is 0.205. The number of nitrogens with zero attached hydrogens (tertiary/aromatic N) is 2. The van der Waals surface area contributed by atoms with Gasteiger partial charge in [0.25, 0.3) is 0 Å². The number of nitriles is 1. The molecular weight excluding hydrogens is 496 g/mol. The fourth-order valence-corrected chi connectivity index (χ4v) is 6.78. The zero-order valence-corrected chi connectivity index (χ0v) is 22.5. The Hall–Kier alpha value is -4.53. The Labute approximate surface area is 233 Å². The van der Waals surface area contributed by atoms with Crippen LogP contribution in [0.2, 0.25) is 0 Å². The van der Waals surface area contributed by atoms with E-state index in [1.54, 1.807) is 0 Å². The van der Waals surface area contributed by atoms with Gasteiger partial charge in [0, 0.05) is 49.7 Å². The molecule has 190 valence electrons. The third-order valence-corrected chi connectivity index (χ3v) is 8.86. The van der Waals surface area contributed by atoms with Gasteiger partial charge in [-0.25, -0.2) is 0 Å². The SMILES string of the molecule is CC12CC(NCN=C(c3ccc(C#N)cc3)c3ccccc3N)=C(c3ccccc3)C=C1Sc1ccccc12. The van der Waals surface area contributed by atoms with Crippen LogP contribution in [0.25, 0.3) is 5.57 Å². The predicted octanol–water partition coefficient (Wildman–Crippen LogP) is 7.29. The molecule has 1 aliphatic carbocycles. The van der Waals surface area contributed by atoms with Crippen molar-refractivity contribution in [3.05, 3.63) is 148 Å². The van der Waals surface area contributed by atoms with Crippen LogP contribution in [0.3, 0.4) is 0 Å². The summed E-state index contributed by atoms with van der Waals surface area (Å²) in [4.78, 5) is 7.75.